The van der Waals surface area contributed by atoms with Gasteiger partial charge in [-0.2, -0.15) is 5.10 Å². The molecule has 0 aliphatic rings. The molecule has 0 radical (unpaired) electrons. The Labute approximate surface area is 188 Å². The Hall–Kier alpha value is -4.53. The lowest BCUT2D eigenvalue weighted by Gasteiger charge is -2.07. The Morgan fingerprint density at radius 1 is 1.09 bits per heavy atom. The number of hydrogen-bond acceptors (Lipinski definition) is 5. The normalized spacial score (nSPS) is 11.0. The zero-order valence-electron chi connectivity index (χ0n) is 17.7. The van der Waals surface area contributed by atoms with E-state index in [9.17, 15) is 14.0 Å². The zero-order valence-corrected chi connectivity index (χ0v) is 17.7. The molecule has 0 aliphatic heterocycles. The number of nitrogens with zero attached hydrogens (tertiary/aromatic N) is 3. The summed E-state index contributed by atoms with van der Waals surface area (Å²) in [4.78, 5) is 28.8. The number of amides is 2. The molecule has 0 bridgehead atoms. The van der Waals surface area contributed by atoms with Crippen LogP contribution in [0, 0.1) is 12.7 Å². The molecule has 0 atom stereocenters. The van der Waals surface area contributed by atoms with E-state index in [1.54, 1.807) is 41.8 Å². The first-order chi connectivity index (χ1) is 16.0. The molecular formula is C24H20FN5O3. The first kappa shape index (κ1) is 21.7. The van der Waals surface area contributed by atoms with Gasteiger partial charge in [0.25, 0.3) is 11.8 Å². The van der Waals surface area contributed by atoms with Crippen molar-refractivity contribution in [1.29, 1.82) is 0 Å². The molecule has 33 heavy (non-hydrogen) atoms. The molecule has 0 saturated heterocycles. The van der Waals surface area contributed by atoms with Crippen LogP contribution < -0.4 is 15.5 Å². The number of rotatable bonds is 7. The molecule has 8 nitrogen and oxygen atoms in total. The van der Waals surface area contributed by atoms with E-state index < -0.39 is 0 Å². The predicted octanol–water partition coefficient (Wildman–Crippen LogP) is 3.56. The van der Waals surface area contributed by atoms with Crippen LogP contribution in [0.4, 0.5) is 10.1 Å². The average Bonchev–Trinajstić information content (AvgIpc) is 3.16. The van der Waals surface area contributed by atoms with E-state index in [2.05, 4.69) is 20.8 Å². The van der Waals surface area contributed by atoms with Crippen LogP contribution in [0.25, 0.3) is 5.65 Å². The molecule has 2 N–H and O–H groups in total. The average molecular weight is 445 g/mol. The molecule has 0 spiro atoms. The number of hydrogen-bond donors (Lipinski definition) is 2. The van der Waals surface area contributed by atoms with Crippen LogP contribution in [0.15, 0.2) is 78.0 Å². The van der Waals surface area contributed by atoms with Gasteiger partial charge in [0.2, 0.25) is 0 Å². The van der Waals surface area contributed by atoms with Gasteiger partial charge < -0.3 is 10.1 Å². The Morgan fingerprint density at radius 2 is 1.85 bits per heavy atom. The second-order valence-corrected chi connectivity index (χ2v) is 7.09. The van der Waals surface area contributed by atoms with Crippen molar-refractivity contribution in [1.82, 2.24) is 14.8 Å². The van der Waals surface area contributed by atoms with E-state index in [1.807, 2.05) is 18.2 Å². The highest BCUT2D eigenvalue weighted by Crippen LogP contribution is 2.13. The third kappa shape index (κ3) is 5.40. The molecular weight excluding hydrogens is 425 g/mol. The summed E-state index contributed by atoms with van der Waals surface area (Å²) >= 11 is 0. The highest BCUT2D eigenvalue weighted by molar-refractivity contribution is 5.95. The molecule has 2 amide bonds. The van der Waals surface area contributed by atoms with Crippen LogP contribution in [0.1, 0.15) is 21.7 Å². The van der Waals surface area contributed by atoms with Crippen LogP contribution in [0.3, 0.4) is 0 Å². The minimum atomic E-state index is -0.377. The second-order valence-electron chi connectivity index (χ2n) is 7.09. The maximum atomic E-state index is 12.9. The smallest absolute Gasteiger partial charge is 0.290 e. The topological polar surface area (TPSA) is 97.1 Å². The Morgan fingerprint density at radius 3 is 2.61 bits per heavy atom. The largest absolute Gasteiger partial charge is 0.484 e. The molecule has 2 heterocycles. The molecule has 4 aromatic rings. The van der Waals surface area contributed by atoms with E-state index in [0.717, 1.165) is 5.56 Å². The molecule has 2 aromatic carbocycles. The maximum Gasteiger partial charge on any atom is 0.290 e. The fourth-order valence-corrected chi connectivity index (χ4v) is 3.13. The van der Waals surface area contributed by atoms with E-state index in [1.165, 1.54) is 30.5 Å². The zero-order chi connectivity index (χ0) is 23.2. The number of halogens is 1. The standard InChI is InChI=1S/C24H20FN5O3/c1-16-23(30-13-3-2-4-21(30)27-16)24(32)29-26-14-17-5-11-20(12-6-17)33-15-22(31)28-19-9-7-18(25)8-10-19/h2-14H,15H2,1H3,(H,28,31)(H,29,32)/b26-14-. The molecule has 4 rings (SSSR count). The van der Waals surface area contributed by atoms with Gasteiger partial charge in [-0.15, -0.1) is 0 Å². The first-order valence-corrected chi connectivity index (χ1v) is 10.0. The summed E-state index contributed by atoms with van der Waals surface area (Å²) in [6.45, 7) is 1.57. The number of hydrazone groups is 1. The number of pyridine rings is 1. The SMILES string of the molecule is Cc1nc2ccccn2c1C(=O)N/N=C\c1ccc(OCC(=O)Nc2ccc(F)cc2)cc1. The summed E-state index contributed by atoms with van der Waals surface area (Å²) in [7, 11) is 0. The lowest BCUT2D eigenvalue weighted by molar-refractivity contribution is -0.118. The van der Waals surface area contributed by atoms with Gasteiger partial charge in [0.15, 0.2) is 6.61 Å². The molecule has 9 heteroatoms. The van der Waals surface area contributed by atoms with Gasteiger partial charge in [0.1, 0.15) is 22.9 Å². The van der Waals surface area contributed by atoms with Gasteiger partial charge in [-0.05, 0) is 73.2 Å². The number of nitrogens with one attached hydrogen (secondary N) is 2. The van der Waals surface area contributed by atoms with Gasteiger partial charge in [-0.3, -0.25) is 14.0 Å². The number of carbonyl (C=O) groups excluding carboxylic acids is 2. The van der Waals surface area contributed by atoms with Crippen molar-refractivity contribution in [2.45, 2.75) is 6.92 Å². The van der Waals surface area contributed by atoms with Crippen LogP contribution in [0.5, 0.6) is 5.75 Å². The van der Waals surface area contributed by atoms with Gasteiger partial charge in [0, 0.05) is 11.9 Å². The minimum Gasteiger partial charge on any atom is -0.484 e. The molecule has 0 unspecified atom stereocenters. The third-order valence-corrected chi connectivity index (χ3v) is 4.68. The fraction of sp³-hybridized carbons (Fsp3) is 0.0833. The van der Waals surface area contributed by atoms with Gasteiger partial charge >= 0.3 is 0 Å². The Bertz CT molecular complexity index is 1310. The highest BCUT2D eigenvalue weighted by atomic mass is 19.1. The van der Waals surface area contributed by atoms with Crippen LogP contribution >= 0.6 is 0 Å². The van der Waals surface area contributed by atoms with Crippen molar-refractivity contribution in [3.8, 4) is 5.75 Å². The first-order valence-electron chi connectivity index (χ1n) is 10.0. The molecule has 0 saturated carbocycles. The second kappa shape index (κ2) is 9.73. The van der Waals surface area contributed by atoms with Crippen molar-refractivity contribution >= 4 is 29.4 Å². The molecule has 0 aliphatic carbocycles. The number of imidazole rings is 1. The number of fused-ring (bicyclic) bond motifs is 1. The fourth-order valence-electron chi connectivity index (χ4n) is 3.13. The number of carbonyl (C=O) groups is 2. The highest BCUT2D eigenvalue weighted by Gasteiger charge is 2.15. The summed E-state index contributed by atoms with van der Waals surface area (Å²) in [5, 5.41) is 6.62. The van der Waals surface area contributed by atoms with Crippen LogP contribution in [0.2, 0.25) is 0 Å². The maximum absolute atomic E-state index is 12.9. The monoisotopic (exact) mass is 445 g/mol. The van der Waals surface area contributed by atoms with Crippen LogP contribution in [-0.2, 0) is 4.79 Å². The third-order valence-electron chi connectivity index (χ3n) is 4.68. The van der Waals surface area contributed by atoms with Gasteiger partial charge in [-0.25, -0.2) is 14.8 Å². The van der Waals surface area contributed by atoms with E-state index in [0.29, 0.717) is 28.5 Å². The van der Waals surface area contributed by atoms with Crippen molar-refractivity contribution in [3.63, 3.8) is 0 Å². The van der Waals surface area contributed by atoms with Gasteiger partial charge in [0.05, 0.1) is 11.9 Å². The minimum absolute atomic E-state index is 0.195. The summed E-state index contributed by atoms with van der Waals surface area (Å²) in [5.74, 6) is -0.614. The van der Waals surface area contributed by atoms with E-state index in [-0.39, 0.29) is 24.2 Å². The van der Waals surface area contributed by atoms with E-state index >= 15 is 0 Å². The van der Waals surface area contributed by atoms with Crippen molar-refractivity contribution in [2.24, 2.45) is 5.10 Å². The number of benzene rings is 2. The van der Waals surface area contributed by atoms with Gasteiger partial charge in [-0.1, -0.05) is 6.07 Å². The number of ether oxygens (including phenoxy) is 1. The summed E-state index contributed by atoms with van der Waals surface area (Å²) in [6, 6.07) is 17.8. The summed E-state index contributed by atoms with van der Waals surface area (Å²) in [5.41, 5.74) is 5.44. The summed E-state index contributed by atoms with van der Waals surface area (Å²) < 4.78 is 20.1. The molecule has 166 valence electrons. The van der Waals surface area contributed by atoms with E-state index in [4.69, 9.17) is 4.74 Å². The lowest BCUT2D eigenvalue weighted by atomic mass is 10.2. The Balaban J connectivity index is 1.29. The quantitative estimate of drug-likeness (QED) is 0.336. The molecule has 2 aromatic heterocycles. The Kier molecular flexibility index (Phi) is 6.40. The van der Waals surface area contributed by atoms with Crippen molar-refractivity contribution in [2.75, 3.05) is 11.9 Å². The molecule has 0 fully saturated rings. The predicted molar refractivity (Wildman–Crippen MR) is 122 cm³/mol. The number of aryl methyl sites for hydroxylation is 1. The van der Waals surface area contributed by atoms with Crippen molar-refractivity contribution in [3.05, 3.63) is 95.7 Å². The van der Waals surface area contributed by atoms with Crippen molar-refractivity contribution < 1.29 is 18.7 Å². The summed E-state index contributed by atoms with van der Waals surface area (Å²) in [6.07, 6.45) is 3.27. The number of anilines is 1. The van der Waals surface area contributed by atoms with Crippen LogP contribution in [-0.4, -0.2) is 34.0 Å². The lowest BCUT2D eigenvalue weighted by Crippen LogP contribution is -2.20. The number of aromatic nitrogens is 2.